The molecule has 0 N–H and O–H groups in total. The molecule has 0 saturated heterocycles. The Bertz CT molecular complexity index is 285. The SMILES string of the molecule is N#CC1(C2=CC[CH]C=C2)CCCC1. The van der Waals surface area contributed by atoms with Gasteiger partial charge in [0.15, 0.2) is 0 Å². The molecule has 1 radical (unpaired) electrons. The predicted molar refractivity (Wildman–Crippen MR) is 52.7 cm³/mol. The van der Waals surface area contributed by atoms with Crippen LogP contribution in [-0.2, 0) is 0 Å². The molecule has 0 bridgehead atoms. The standard InChI is InChI=1S/C12H14N/c13-10-12(8-4-5-9-12)11-6-2-1-3-7-11/h1-2,6-7H,3-5,8-9H2. The monoisotopic (exact) mass is 172 g/mol. The number of allylic oxidation sites excluding steroid dienone is 4. The third-order valence-corrected chi connectivity index (χ3v) is 3.11. The van der Waals surface area contributed by atoms with E-state index in [1.54, 1.807) is 0 Å². The van der Waals surface area contributed by atoms with E-state index < -0.39 is 0 Å². The summed E-state index contributed by atoms with van der Waals surface area (Å²) in [6.45, 7) is 0. The Balaban J connectivity index is 2.26. The second kappa shape index (κ2) is 3.38. The Morgan fingerprint density at radius 1 is 1.31 bits per heavy atom. The third-order valence-electron chi connectivity index (χ3n) is 3.11. The lowest BCUT2D eigenvalue weighted by Gasteiger charge is -2.23. The van der Waals surface area contributed by atoms with Crippen molar-refractivity contribution in [3.05, 3.63) is 30.2 Å². The summed E-state index contributed by atoms with van der Waals surface area (Å²) in [5, 5.41) is 9.23. The van der Waals surface area contributed by atoms with Gasteiger partial charge in [0.25, 0.3) is 0 Å². The summed E-state index contributed by atoms with van der Waals surface area (Å²) in [4.78, 5) is 0. The van der Waals surface area contributed by atoms with E-state index in [0.29, 0.717) is 0 Å². The molecule has 0 spiro atoms. The van der Waals surface area contributed by atoms with Crippen molar-refractivity contribution in [2.75, 3.05) is 0 Å². The Morgan fingerprint density at radius 2 is 2.08 bits per heavy atom. The lowest BCUT2D eigenvalue weighted by Crippen LogP contribution is -2.16. The van der Waals surface area contributed by atoms with Crippen LogP contribution in [0.15, 0.2) is 23.8 Å². The molecular formula is C12H14N. The predicted octanol–water partition coefficient (Wildman–Crippen LogP) is 3.16. The van der Waals surface area contributed by atoms with Gasteiger partial charge in [-0.15, -0.1) is 0 Å². The molecule has 67 valence electrons. The van der Waals surface area contributed by atoms with Crippen LogP contribution in [0.5, 0.6) is 0 Å². The molecule has 2 aliphatic carbocycles. The first-order valence-electron chi connectivity index (χ1n) is 4.99. The fourth-order valence-corrected chi connectivity index (χ4v) is 2.31. The van der Waals surface area contributed by atoms with Gasteiger partial charge >= 0.3 is 0 Å². The smallest absolute Gasteiger partial charge is 0.0819 e. The summed E-state index contributed by atoms with van der Waals surface area (Å²) < 4.78 is 0. The summed E-state index contributed by atoms with van der Waals surface area (Å²) in [5.41, 5.74) is 1.13. The Kier molecular flexibility index (Phi) is 2.22. The average Bonchev–Trinajstić information content (AvgIpc) is 2.69. The maximum Gasteiger partial charge on any atom is 0.0819 e. The summed E-state index contributed by atoms with van der Waals surface area (Å²) >= 11 is 0. The first-order chi connectivity index (χ1) is 6.37. The quantitative estimate of drug-likeness (QED) is 0.596. The molecule has 2 aliphatic rings. The van der Waals surface area contributed by atoms with E-state index in [1.165, 1.54) is 18.4 Å². The van der Waals surface area contributed by atoms with Crippen molar-refractivity contribution in [2.45, 2.75) is 32.1 Å². The van der Waals surface area contributed by atoms with E-state index >= 15 is 0 Å². The van der Waals surface area contributed by atoms with Crippen LogP contribution >= 0.6 is 0 Å². The lowest BCUT2D eigenvalue weighted by molar-refractivity contribution is 0.503. The van der Waals surface area contributed by atoms with Gasteiger partial charge in [0.2, 0.25) is 0 Å². The Hall–Kier alpha value is -1.03. The molecule has 0 unspecified atom stereocenters. The summed E-state index contributed by atoms with van der Waals surface area (Å²) in [5.74, 6) is 0. The van der Waals surface area contributed by atoms with Crippen molar-refractivity contribution in [3.63, 3.8) is 0 Å². The van der Waals surface area contributed by atoms with Gasteiger partial charge in [-0.3, -0.25) is 0 Å². The van der Waals surface area contributed by atoms with Crippen molar-refractivity contribution < 1.29 is 0 Å². The highest BCUT2D eigenvalue weighted by Gasteiger charge is 2.36. The van der Waals surface area contributed by atoms with Crippen LogP contribution in [0, 0.1) is 23.2 Å². The number of hydrogen-bond donors (Lipinski definition) is 0. The van der Waals surface area contributed by atoms with Gasteiger partial charge in [0.05, 0.1) is 11.5 Å². The zero-order valence-electron chi connectivity index (χ0n) is 7.79. The molecule has 0 amide bonds. The zero-order valence-corrected chi connectivity index (χ0v) is 7.79. The minimum atomic E-state index is -0.134. The van der Waals surface area contributed by atoms with Gasteiger partial charge < -0.3 is 0 Å². The number of rotatable bonds is 1. The minimum absolute atomic E-state index is 0.134. The second-order valence-electron chi connectivity index (χ2n) is 3.89. The van der Waals surface area contributed by atoms with Crippen LogP contribution < -0.4 is 0 Å². The van der Waals surface area contributed by atoms with Gasteiger partial charge in [-0.2, -0.15) is 5.26 Å². The molecule has 1 heteroatoms. The van der Waals surface area contributed by atoms with Gasteiger partial charge in [-0.05, 0) is 31.3 Å². The van der Waals surface area contributed by atoms with E-state index in [4.69, 9.17) is 0 Å². The fourth-order valence-electron chi connectivity index (χ4n) is 2.31. The highest BCUT2D eigenvalue weighted by Crippen LogP contribution is 2.44. The Morgan fingerprint density at radius 3 is 2.62 bits per heavy atom. The van der Waals surface area contributed by atoms with Crippen molar-refractivity contribution in [1.82, 2.24) is 0 Å². The maximum absolute atomic E-state index is 9.23. The number of hydrogen-bond acceptors (Lipinski definition) is 1. The first-order valence-corrected chi connectivity index (χ1v) is 4.99. The summed E-state index contributed by atoms with van der Waals surface area (Å²) in [6, 6.07) is 2.51. The van der Waals surface area contributed by atoms with Crippen LogP contribution in [0.4, 0.5) is 0 Å². The molecule has 0 heterocycles. The van der Waals surface area contributed by atoms with Crippen molar-refractivity contribution in [3.8, 4) is 6.07 Å². The van der Waals surface area contributed by atoms with Crippen LogP contribution in [-0.4, -0.2) is 0 Å². The summed E-state index contributed by atoms with van der Waals surface area (Å²) in [7, 11) is 0. The molecule has 0 aliphatic heterocycles. The van der Waals surface area contributed by atoms with Gasteiger partial charge in [0, 0.05) is 0 Å². The molecule has 0 atom stereocenters. The largest absolute Gasteiger partial charge is 0.197 e. The lowest BCUT2D eigenvalue weighted by atomic mass is 9.78. The van der Waals surface area contributed by atoms with Crippen LogP contribution in [0.3, 0.4) is 0 Å². The molecule has 2 rings (SSSR count). The van der Waals surface area contributed by atoms with Crippen LogP contribution in [0.2, 0.25) is 0 Å². The zero-order chi connectivity index (χ0) is 9.15. The molecule has 1 nitrogen and oxygen atoms in total. The van der Waals surface area contributed by atoms with E-state index in [0.717, 1.165) is 19.3 Å². The van der Waals surface area contributed by atoms with Crippen LogP contribution in [0.1, 0.15) is 32.1 Å². The van der Waals surface area contributed by atoms with Crippen molar-refractivity contribution in [2.24, 2.45) is 5.41 Å². The van der Waals surface area contributed by atoms with Crippen LogP contribution in [0.25, 0.3) is 0 Å². The average molecular weight is 172 g/mol. The van der Waals surface area contributed by atoms with Crippen molar-refractivity contribution >= 4 is 0 Å². The van der Waals surface area contributed by atoms with E-state index in [9.17, 15) is 5.26 Å². The van der Waals surface area contributed by atoms with Crippen molar-refractivity contribution in [1.29, 1.82) is 5.26 Å². The van der Waals surface area contributed by atoms with Gasteiger partial charge in [-0.1, -0.05) is 31.1 Å². The highest BCUT2D eigenvalue weighted by atomic mass is 14.4. The topological polar surface area (TPSA) is 23.8 Å². The van der Waals surface area contributed by atoms with E-state index in [2.05, 4.69) is 30.7 Å². The summed E-state index contributed by atoms with van der Waals surface area (Å²) in [6.07, 6.45) is 14.0. The van der Waals surface area contributed by atoms with Gasteiger partial charge in [-0.25, -0.2) is 0 Å². The normalized spacial score (nSPS) is 25.3. The minimum Gasteiger partial charge on any atom is -0.197 e. The molecule has 1 fully saturated rings. The van der Waals surface area contributed by atoms with E-state index in [1.807, 2.05) is 0 Å². The molecule has 0 aromatic rings. The maximum atomic E-state index is 9.23. The molecule has 0 aromatic carbocycles. The second-order valence-corrected chi connectivity index (χ2v) is 3.89. The van der Waals surface area contributed by atoms with Gasteiger partial charge in [0.1, 0.15) is 0 Å². The van der Waals surface area contributed by atoms with E-state index in [-0.39, 0.29) is 5.41 Å². The highest BCUT2D eigenvalue weighted by molar-refractivity contribution is 5.37. The number of nitriles is 1. The molecule has 0 aromatic heterocycles. The third kappa shape index (κ3) is 1.42. The molecule has 1 saturated carbocycles. The molecular weight excluding hydrogens is 158 g/mol. The Labute approximate surface area is 79.8 Å². The number of nitrogens with zero attached hydrogens (tertiary/aromatic N) is 1. The molecule has 13 heavy (non-hydrogen) atoms. The fraction of sp³-hybridized carbons (Fsp3) is 0.500. The first kappa shape index (κ1) is 8.56.